The van der Waals surface area contributed by atoms with Gasteiger partial charge in [0.25, 0.3) is 0 Å². The average Bonchev–Trinajstić information content (AvgIpc) is 2.43. The van der Waals surface area contributed by atoms with Gasteiger partial charge < -0.3 is 10.1 Å². The van der Waals surface area contributed by atoms with Gasteiger partial charge in [0.1, 0.15) is 5.75 Å². The first-order valence-electron chi connectivity index (χ1n) is 5.97. The Morgan fingerprint density at radius 3 is 2.57 bits per heavy atom. The molecule has 0 bridgehead atoms. The number of benzene rings is 1. The highest BCUT2D eigenvalue weighted by Crippen LogP contribution is 2.16. The first kappa shape index (κ1) is 14.8. The lowest BCUT2D eigenvalue weighted by Gasteiger charge is -2.07. The van der Waals surface area contributed by atoms with Crippen LogP contribution >= 0.6 is 0 Å². The summed E-state index contributed by atoms with van der Waals surface area (Å²) in [6.07, 6.45) is 2.33. The Bertz CT molecular complexity index is 618. The van der Waals surface area contributed by atoms with Crippen molar-refractivity contribution in [2.45, 2.75) is 13.0 Å². The van der Waals surface area contributed by atoms with Crippen molar-refractivity contribution in [1.29, 1.82) is 0 Å². The lowest BCUT2D eigenvalue weighted by atomic mass is 10.1. The molecule has 1 heterocycles. The van der Waals surface area contributed by atoms with Crippen molar-refractivity contribution in [2.75, 3.05) is 5.32 Å². The van der Waals surface area contributed by atoms with Gasteiger partial charge in [-0.2, -0.15) is 8.78 Å². The summed E-state index contributed by atoms with van der Waals surface area (Å²) in [4.78, 5) is 15.3. The Hall–Kier alpha value is -2.57. The Labute approximate surface area is 118 Å². The summed E-state index contributed by atoms with van der Waals surface area (Å²) >= 11 is 0. The van der Waals surface area contributed by atoms with E-state index in [-0.39, 0.29) is 17.9 Å². The Kier molecular flexibility index (Phi) is 4.76. The molecule has 0 saturated heterocycles. The van der Waals surface area contributed by atoms with Crippen molar-refractivity contribution in [3.8, 4) is 5.75 Å². The van der Waals surface area contributed by atoms with Gasteiger partial charge in [-0.25, -0.2) is 4.39 Å². The van der Waals surface area contributed by atoms with E-state index in [0.717, 1.165) is 6.20 Å². The van der Waals surface area contributed by atoms with Crippen LogP contribution in [0.25, 0.3) is 0 Å². The number of nitrogens with one attached hydrogen (secondary N) is 1. The van der Waals surface area contributed by atoms with Gasteiger partial charge in [-0.1, -0.05) is 12.1 Å². The Balaban J connectivity index is 1.95. The van der Waals surface area contributed by atoms with Gasteiger partial charge in [-0.15, -0.1) is 0 Å². The lowest BCUT2D eigenvalue weighted by Crippen LogP contribution is -2.15. The quantitative estimate of drug-likeness (QED) is 0.922. The van der Waals surface area contributed by atoms with E-state index >= 15 is 0 Å². The molecule has 0 spiro atoms. The number of anilines is 1. The van der Waals surface area contributed by atoms with Crippen LogP contribution in [0.2, 0.25) is 0 Å². The third-order valence-corrected chi connectivity index (χ3v) is 2.56. The molecule has 1 N–H and O–H groups in total. The van der Waals surface area contributed by atoms with Gasteiger partial charge in [0.2, 0.25) is 5.91 Å². The van der Waals surface area contributed by atoms with Crippen LogP contribution in [0.5, 0.6) is 5.75 Å². The van der Waals surface area contributed by atoms with Crippen LogP contribution in [0, 0.1) is 5.82 Å². The molecular weight excluding hydrogens is 285 g/mol. The smallest absolute Gasteiger partial charge is 0.387 e. The van der Waals surface area contributed by atoms with E-state index in [4.69, 9.17) is 0 Å². The molecule has 1 amide bonds. The number of pyridine rings is 1. The second-order valence-corrected chi connectivity index (χ2v) is 4.10. The van der Waals surface area contributed by atoms with Gasteiger partial charge in [-0.05, 0) is 23.8 Å². The molecule has 0 aliphatic rings. The van der Waals surface area contributed by atoms with E-state index in [1.54, 1.807) is 0 Å². The predicted molar refractivity (Wildman–Crippen MR) is 69.6 cm³/mol. The molecule has 0 unspecified atom stereocenters. The normalized spacial score (nSPS) is 10.5. The summed E-state index contributed by atoms with van der Waals surface area (Å²) in [7, 11) is 0. The van der Waals surface area contributed by atoms with E-state index in [0.29, 0.717) is 5.56 Å². The van der Waals surface area contributed by atoms with Gasteiger partial charge >= 0.3 is 6.61 Å². The first-order chi connectivity index (χ1) is 10.0. The number of rotatable bonds is 5. The standard InChI is InChI=1S/C14H11F3N2O2/c15-11-8-18-6-5-12(11)19-13(20)7-9-1-3-10(4-2-9)21-14(16)17/h1-6,8,14H,7H2,(H,18,19,20). The molecule has 4 nitrogen and oxygen atoms in total. The van der Waals surface area contributed by atoms with Crippen LogP contribution in [-0.4, -0.2) is 17.5 Å². The number of alkyl halides is 2. The molecule has 0 aliphatic heterocycles. The fourth-order valence-electron chi connectivity index (χ4n) is 1.65. The van der Waals surface area contributed by atoms with Gasteiger partial charge in [0.05, 0.1) is 18.3 Å². The van der Waals surface area contributed by atoms with Crippen molar-refractivity contribution in [2.24, 2.45) is 0 Å². The first-order valence-corrected chi connectivity index (χ1v) is 5.97. The zero-order valence-corrected chi connectivity index (χ0v) is 10.7. The minimum absolute atomic E-state index is 0.00864. The molecule has 0 fully saturated rings. The molecule has 2 rings (SSSR count). The monoisotopic (exact) mass is 296 g/mol. The predicted octanol–water partition coefficient (Wildman–Crippen LogP) is 3.00. The molecule has 0 aliphatic carbocycles. The van der Waals surface area contributed by atoms with Gasteiger partial charge in [0, 0.05) is 6.20 Å². The van der Waals surface area contributed by atoms with E-state index in [1.165, 1.54) is 36.5 Å². The summed E-state index contributed by atoms with van der Waals surface area (Å²) < 4.78 is 41.5. The zero-order chi connectivity index (χ0) is 15.2. The number of aromatic nitrogens is 1. The highest BCUT2D eigenvalue weighted by atomic mass is 19.3. The summed E-state index contributed by atoms with van der Waals surface area (Å²) in [5.41, 5.74) is 0.622. The maximum Gasteiger partial charge on any atom is 0.387 e. The molecule has 7 heteroatoms. The number of nitrogens with zero attached hydrogens (tertiary/aromatic N) is 1. The van der Waals surface area contributed by atoms with Crippen molar-refractivity contribution >= 4 is 11.6 Å². The number of carbonyl (C=O) groups excluding carboxylic acids is 1. The van der Waals surface area contributed by atoms with E-state index in [9.17, 15) is 18.0 Å². The summed E-state index contributed by atoms with van der Waals surface area (Å²) in [5, 5.41) is 2.40. The van der Waals surface area contributed by atoms with E-state index in [2.05, 4.69) is 15.0 Å². The van der Waals surface area contributed by atoms with E-state index in [1.807, 2.05) is 0 Å². The summed E-state index contributed by atoms with van der Waals surface area (Å²) in [5.74, 6) is -1.05. The highest BCUT2D eigenvalue weighted by molar-refractivity contribution is 5.92. The number of hydrogen-bond acceptors (Lipinski definition) is 3. The molecule has 1 aromatic carbocycles. The largest absolute Gasteiger partial charge is 0.435 e. The fraction of sp³-hybridized carbons (Fsp3) is 0.143. The second kappa shape index (κ2) is 6.74. The number of hydrogen-bond donors (Lipinski definition) is 1. The molecular formula is C14H11F3N2O2. The summed E-state index contributed by atoms with van der Waals surface area (Å²) in [6.45, 7) is -2.89. The number of amides is 1. The average molecular weight is 296 g/mol. The molecule has 21 heavy (non-hydrogen) atoms. The Morgan fingerprint density at radius 1 is 1.24 bits per heavy atom. The van der Waals surface area contributed by atoms with Crippen LogP contribution in [0.4, 0.5) is 18.9 Å². The molecule has 0 saturated carbocycles. The van der Waals surface area contributed by atoms with Gasteiger partial charge in [0.15, 0.2) is 5.82 Å². The van der Waals surface area contributed by atoms with Crippen LogP contribution in [0.15, 0.2) is 42.7 Å². The third-order valence-electron chi connectivity index (χ3n) is 2.56. The lowest BCUT2D eigenvalue weighted by molar-refractivity contribution is -0.115. The summed E-state index contributed by atoms with van der Waals surface area (Å²) in [6, 6.07) is 6.98. The second-order valence-electron chi connectivity index (χ2n) is 4.10. The topological polar surface area (TPSA) is 51.2 Å². The van der Waals surface area contributed by atoms with Crippen molar-refractivity contribution < 1.29 is 22.7 Å². The van der Waals surface area contributed by atoms with Crippen LogP contribution in [0.3, 0.4) is 0 Å². The third kappa shape index (κ3) is 4.48. The molecule has 110 valence electrons. The van der Waals surface area contributed by atoms with Crippen molar-refractivity contribution in [1.82, 2.24) is 4.98 Å². The zero-order valence-electron chi connectivity index (χ0n) is 10.7. The Morgan fingerprint density at radius 2 is 1.95 bits per heavy atom. The SMILES string of the molecule is O=C(Cc1ccc(OC(F)F)cc1)Nc1ccncc1F. The maximum absolute atomic E-state index is 13.3. The molecule has 2 aromatic rings. The number of ether oxygens (including phenoxy) is 1. The van der Waals surface area contributed by atoms with Gasteiger partial charge in [-0.3, -0.25) is 9.78 Å². The highest BCUT2D eigenvalue weighted by Gasteiger charge is 2.09. The van der Waals surface area contributed by atoms with Crippen LogP contribution in [-0.2, 0) is 11.2 Å². The van der Waals surface area contributed by atoms with Crippen LogP contribution in [0.1, 0.15) is 5.56 Å². The maximum atomic E-state index is 13.3. The van der Waals surface area contributed by atoms with Crippen LogP contribution < -0.4 is 10.1 Å². The minimum Gasteiger partial charge on any atom is -0.435 e. The fourth-order valence-corrected chi connectivity index (χ4v) is 1.65. The minimum atomic E-state index is -2.89. The molecule has 0 atom stereocenters. The number of carbonyl (C=O) groups is 1. The van der Waals surface area contributed by atoms with E-state index < -0.39 is 18.3 Å². The van der Waals surface area contributed by atoms with Crippen molar-refractivity contribution in [3.63, 3.8) is 0 Å². The molecule has 0 radical (unpaired) electrons. The van der Waals surface area contributed by atoms with Crippen molar-refractivity contribution in [3.05, 3.63) is 54.1 Å². The molecule has 1 aromatic heterocycles. The number of halogens is 3.